The summed E-state index contributed by atoms with van der Waals surface area (Å²) in [6.45, 7) is 5.65. The van der Waals surface area contributed by atoms with Crippen LogP contribution in [0.4, 0.5) is 4.39 Å². The van der Waals surface area contributed by atoms with Gasteiger partial charge in [-0.15, -0.1) is 0 Å². The zero-order chi connectivity index (χ0) is 26.2. The molecule has 36 heavy (non-hydrogen) atoms. The maximum Gasteiger partial charge on any atom is 0.170 e. The highest BCUT2D eigenvalue weighted by molar-refractivity contribution is 6.04. The first-order chi connectivity index (χ1) is 17.3. The molecule has 192 valence electrons. The minimum atomic E-state index is -0.361. The number of allylic oxidation sites excluding steroid dienone is 3. The monoisotopic (exact) mass is 494 g/mol. The summed E-state index contributed by atoms with van der Waals surface area (Å²) in [4.78, 5) is 25.6. The molecule has 0 aliphatic heterocycles. The predicted octanol–water partition coefficient (Wildman–Crippen LogP) is 7.88. The van der Waals surface area contributed by atoms with Crippen molar-refractivity contribution in [2.75, 3.05) is 0 Å². The molecule has 3 rings (SSSR count). The fourth-order valence-electron chi connectivity index (χ4n) is 4.39. The Bertz CT molecular complexity index is 1130. The molecule has 0 amide bonds. The van der Waals surface area contributed by atoms with E-state index in [0.29, 0.717) is 43.6 Å². The number of carbonyl (C=O) groups excluding carboxylic acids is 2. The van der Waals surface area contributed by atoms with Crippen molar-refractivity contribution in [3.63, 3.8) is 0 Å². The Morgan fingerprint density at radius 1 is 0.833 bits per heavy atom. The third-order valence-electron chi connectivity index (χ3n) is 6.35. The molecular formula is C30H35FO5. The van der Waals surface area contributed by atoms with Crippen LogP contribution >= 0.6 is 0 Å². The number of ketones is 2. The lowest BCUT2D eigenvalue weighted by Crippen LogP contribution is -2.15. The summed E-state index contributed by atoms with van der Waals surface area (Å²) in [7, 11) is 0. The number of Topliss-reactive ketones (excluding diaryl/α,β-unsaturated/α-hetero) is 2. The van der Waals surface area contributed by atoms with Gasteiger partial charge in [0.05, 0.1) is 5.57 Å². The molecule has 6 heteroatoms. The lowest BCUT2D eigenvalue weighted by atomic mass is 9.93. The van der Waals surface area contributed by atoms with Gasteiger partial charge in [0.15, 0.2) is 11.6 Å². The number of aliphatic hydroxyl groups excluding tert-OH is 2. The highest BCUT2D eigenvalue weighted by Gasteiger charge is 2.44. The van der Waals surface area contributed by atoms with Gasteiger partial charge < -0.3 is 14.9 Å². The summed E-state index contributed by atoms with van der Waals surface area (Å²) in [5.41, 5.74) is 1.10. The van der Waals surface area contributed by atoms with E-state index < -0.39 is 0 Å². The first kappa shape index (κ1) is 27.2. The molecule has 1 aliphatic rings. The molecule has 1 fully saturated rings. The smallest absolute Gasteiger partial charge is 0.170 e. The summed E-state index contributed by atoms with van der Waals surface area (Å²) in [5, 5.41) is 22.2. The fraction of sp³-hybridized carbons (Fsp3) is 0.400. The summed E-state index contributed by atoms with van der Waals surface area (Å²) in [5.74, 6) is -0.565. The minimum absolute atomic E-state index is 0.0110. The number of carbonyl (C=O) groups is 2. The van der Waals surface area contributed by atoms with Gasteiger partial charge in [0.1, 0.15) is 28.8 Å². The van der Waals surface area contributed by atoms with E-state index in [-0.39, 0.29) is 64.7 Å². The van der Waals surface area contributed by atoms with E-state index in [1.165, 1.54) is 12.1 Å². The molecule has 0 bridgehead atoms. The molecule has 0 heterocycles. The predicted molar refractivity (Wildman–Crippen MR) is 138 cm³/mol. The van der Waals surface area contributed by atoms with Gasteiger partial charge in [-0.05, 0) is 73.6 Å². The van der Waals surface area contributed by atoms with Crippen molar-refractivity contribution >= 4 is 11.6 Å². The van der Waals surface area contributed by atoms with Crippen LogP contribution in [0.5, 0.6) is 11.5 Å². The molecule has 2 aromatic carbocycles. The average Bonchev–Trinajstić information content (AvgIpc) is 3.66. The van der Waals surface area contributed by atoms with Crippen molar-refractivity contribution in [2.45, 2.75) is 71.6 Å². The number of rotatable bonds is 13. The Kier molecular flexibility index (Phi) is 9.45. The van der Waals surface area contributed by atoms with E-state index in [2.05, 4.69) is 0 Å². The van der Waals surface area contributed by atoms with Crippen molar-refractivity contribution in [3.05, 3.63) is 82.6 Å². The maximum atomic E-state index is 13.1. The van der Waals surface area contributed by atoms with E-state index in [4.69, 9.17) is 4.74 Å². The number of hydrogen-bond acceptors (Lipinski definition) is 5. The SMILES string of the molecule is CCCC(=O)C(CCC)=C(O)C(C(=O)CCC)=C(O)C1CC1c1ccc(Oc2ccc(F)cc2)cc1. The van der Waals surface area contributed by atoms with Crippen LogP contribution in [-0.2, 0) is 9.59 Å². The van der Waals surface area contributed by atoms with E-state index in [1.807, 2.05) is 32.9 Å². The van der Waals surface area contributed by atoms with Crippen LogP contribution in [0.2, 0.25) is 0 Å². The minimum Gasteiger partial charge on any atom is -0.511 e. The highest BCUT2D eigenvalue weighted by Crippen LogP contribution is 2.52. The molecule has 0 spiro atoms. The lowest BCUT2D eigenvalue weighted by Gasteiger charge is -2.14. The van der Waals surface area contributed by atoms with Crippen LogP contribution in [0, 0.1) is 11.7 Å². The molecule has 5 nitrogen and oxygen atoms in total. The standard InChI is InChI=1S/C30H35FO5/c1-4-7-23(26(32)8-5-2)29(34)28(27(33)9-6-3)30(35)25-18-24(25)19-10-14-21(15-11-19)36-22-16-12-20(31)13-17-22/h10-17,24-25,34-35H,4-9,18H2,1-3H3. The molecular weight excluding hydrogens is 459 g/mol. The van der Waals surface area contributed by atoms with Gasteiger partial charge in [-0.25, -0.2) is 4.39 Å². The van der Waals surface area contributed by atoms with Crippen molar-refractivity contribution in [1.29, 1.82) is 0 Å². The Labute approximate surface area is 212 Å². The topological polar surface area (TPSA) is 83.8 Å². The van der Waals surface area contributed by atoms with Gasteiger partial charge in [0.2, 0.25) is 0 Å². The van der Waals surface area contributed by atoms with Crippen LogP contribution in [-0.4, -0.2) is 21.8 Å². The van der Waals surface area contributed by atoms with Crippen molar-refractivity contribution < 1.29 is 28.9 Å². The first-order valence-electron chi connectivity index (χ1n) is 12.8. The molecule has 0 radical (unpaired) electrons. The second-order valence-corrected chi connectivity index (χ2v) is 9.26. The van der Waals surface area contributed by atoms with Crippen LogP contribution < -0.4 is 4.74 Å². The number of aliphatic hydroxyl groups is 2. The van der Waals surface area contributed by atoms with E-state index >= 15 is 0 Å². The van der Waals surface area contributed by atoms with Gasteiger partial charge in [-0.3, -0.25) is 9.59 Å². The van der Waals surface area contributed by atoms with Crippen molar-refractivity contribution in [2.24, 2.45) is 5.92 Å². The Morgan fingerprint density at radius 3 is 1.92 bits per heavy atom. The lowest BCUT2D eigenvalue weighted by molar-refractivity contribution is -0.115. The van der Waals surface area contributed by atoms with E-state index in [0.717, 1.165) is 5.56 Å². The number of halogens is 1. The summed E-state index contributed by atoms with van der Waals surface area (Å²) in [6.07, 6.45) is 3.29. The molecule has 2 N–H and O–H groups in total. The molecule has 0 aromatic heterocycles. The zero-order valence-corrected chi connectivity index (χ0v) is 21.2. The molecule has 1 aliphatic carbocycles. The van der Waals surface area contributed by atoms with Crippen LogP contribution in [0.15, 0.2) is 71.2 Å². The molecule has 2 unspecified atom stereocenters. The zero-order valence-electron chi connectivity index (χ0n) is 21.2. The largest absolute Gasteiger partial charge is 0.511 e. The summed E-state index contributed by atoms with van der Waals surface area (Å²) < 4.78 is 18.8. The molecule has 2 aromatic rings. The number of benzene rings is 2. The third-order valence-corrected chi connectivity index (χ3v) is 6.35. The highest BCUT2D eigenvalue weighted by atomic mass is 19.1. The van der Waals surface area contributed by atoms with Gasteiger partial charge >= 0.3 is 0 Å². The Balaban J connectivity index is 1.85. The van der Waals surface area contributed by atoms with Crippen LogP contribution in [0.1, 0.15) is 77.2 Å². The van der Waals surface area contributed by atoms with Gasteiger partial charge in [0.25, 0.3) is 0 Å². The Hall–Kier alpha value is -3.41. The van der Waals surface area contributed by atoms with Crippen LogP contribution in [0.3, 0.4) is 0 Å². The fourth-order valence-corrected chi connectivity index (χ4v) is 4.39. The Morgan fingerprint density at radius 2 is 1.36 bits per heavy atom. The van der Waals surface area contributed by atoms with Crippen molar-refractivity contribution in [3.8, 4) is 11.5 Å². The quantitative estimate of drug-likeness (QED) is 0.168. The van der Waals surface area contributed by atoms with Crippen molar-refractivity contribution in [1.82, 2.24) is 0 Å². The second-order valence-electron chi connectivity index (χ2n) is 9.26. The number of ether oxygens (including phenoxy) is 1. The summed E-state index contributed by atoms with van der Waals surface area (Å²) in [6, 6.07) is 13.2. The van der Waals surface area contributed by atoms with Gasteiger partial charge in [-0.2, -0.15) is 0 Å². The normalized spacial score (nSPS) is 18.2. The third kappa shape index (κ3) is 6.62. The number of hydrogen-bond donors (Lipinski definition) is 2. The van der Waals surface area contributed by atoms with Crippen LogP contribution in [0.25, 0.3) is 0 Å². The van der Waals surface area contributed by atoms with E-state index in [9.17, 15) is 24.2 Å². The van der Waals surface area contributed by atoms with Gasteiger partial charge in [-0.1, -0.05) is 39.3 Å². The van der Waals surface area contributed by atoms with E-state index in [1.54, 1.807) is 24.3 Å². The van der Waals surface area contributed by atoms with Gasteiger partial charge in [0, 0.05) is 24.3 Å². The summed E-state index contributed by atoms with van der Waals surface area (Å²) >= 11 is 0. The molecule has 2 atom stereocenters. The average molecular weight is 495 g/mol. The molecule has 1 saturated carbocycles. The molecule has 0 saturated heterocycles. The second kappa shape index (κ2) is 12.5. The first-order valence-corrected chi connectivity index (χ1v) is 12.8. The maximum absolute atomic E-state index is 13.1.